The summed E-state index contributed by atoms with van der Waals surface area (Å²) >= 11 is 6.69. The minimum absolute atomic E-state index is 0.0570. The molecule has 218 valence electrons. The lowest BCUT2D eigenvalue weighted by molar-refractivity contribution is -0.120. The standard InChI is InChI=1S/C33H28N2O4S4/c1-33(2)21-29-17(11-19(42-29)34-23-25(36)13-7-3-4-8-14(13)26(23)37)40-31(21)32-22(33)30-18(41-32)12-20(43-30)35-24-27(38)15-9-5-6-10-16(15)28(24)39/h11-16H,3-10H2,1-2H3. The van der Waals surface area contributed by atoms with Crippen molar-refractivity contribution in [3.05, 3.63) is 23.3 Å². The Labute approximate surface area is 263 Å². The van der Waals surface area contributed by atoms with Crippen molar-refractivity contribution < 1.29 is 19.2 Å². The summed E-state index contributed by atoms with van der Waals surface area (Å²) in [5.74, 6) is -0.904. The van der Waals surface area contributed by atoms with E-state index in [2.05, 4.69) is 23.8 Å². The minimum atomic E-state index is -0.256. The molecule has 4 heterocycles. The normalized spacial score (nSPS) is 27.8. The van der Waals surface area contributed by atoms with Gasteiger partial charge < -0.3 is 0 Å². The van der Waals surface area contributed by atoms with Crippen LogP contribution in [0.2, 0.25) is 0 Å². The van der Waals surface area contributed by atoms with Crippen LogP contribution in [0, 0.1) is 23.7 Å². The zero-order chi connectivity index (χ0) is 29.4. The maximum atomic E-state index is 13.1. The Morgan fingerprint density at radius 2 is 0.930 bits per heavy atom. The molecule has 6 nitrogen and oxygen atoms in total. The molecule has 0 N–H and O–H groups in total. The van der Waals surface area contributed by atoms with E-state index in [9.17, 15) is 19.2 Å². The SMILES string of the molecule is CC1(C)c2c(sc3cc(N=C4C(=O)C5CCCCC5C4=O)sc23)-c2sc3cc(N=C4C(=O)C5CCCCC5C4=O)sc3c21. The van der Waals surface area contributed by atoms with E-state index >= 15 is 0 Å². The van der Waals surface area contributed by atoms with Gasteiger partial charge in [0.2, 0.25) is 0 Å². The second kappa shape index (κ2) is 9.19. The van der Waals surface area contributed by atoms with Crippen molar-refractivity contribution in [3.63, 3.8) is 0 Å². The number of Topliss-reactive ketones (excluding diaryl/α,β-unsaturated/α-hetero) is 4. The molecule has 4 saturated carbocycles. The molecule has 4 unspecified atom stereocenters. The van der Waals surface area contributed by atoms with Crippen LogP contribution < -0.4 is 0 Å². The van der Waals surface area contributed by atoms with Gasteiger partial charge in [0.25, 0.3) is 0 Å². The molecule has 0 bridgehead atoms. The quantitative estimate of drug-likeness (QED) is 0.218. The Kier molecular flexibility index (Phi) is 5.71. The lowest BCUT2D eigenvalue weighted by atomic mass is 9.81. The van der Waals surface area contributed by atoms with Gasteiger partial charge in [-0.1, -0.05) is 39.5 Å². The summed E-state index contributed by atoms with van der Waals surface area (Å²) in [6, 6.07) is 4.09. The summed E-state index contributed by atoms with van der Waals surface area (Å²) in [5, 5.41) is 1.47. The fourth-order valence-electron chi connectivity index (χ4n) is 8.35. The molecule has 5 aliphatic carbocycles. The summed E-state index contributed by atoms with van der Waals surface area (Å²) in [7, 11) is 0. The van der Waals surface area contributed by atoms with Gasteiger partial charge >= 0.3 is 0 Å². The van der Waals surface area contributed by atoms with Crippen molar-refractivity contribution in [1.82, 2.24) is 0 Å². The van der Waals surface area contributed by atoms with Crippen LogP contribution in [0.5, 0.6) is 0 Å². The van der Waals surface area contributed by atoms with Gasteiger partial charge in [-0.3, -0.25) is 19.2 Å². The highest BCUT2D eigenvalue weighted by atomic mass is 32.1. The van der Waals surface area contributed by atoms with Crippen molar-refractivity contribution in [2.75, 3.05) is 0 Å². The molecule has 4 aromatic rings. The van der Waals surface area contributed by atoms with Crippen LogP contribution in [-0.2, 0) is 24.6 Å². The Bertz CT molecular complexity index is 1840. The van der Waals surface area contributed by atoms with Crippen molar-refractivity contribution in [3.8, 4) is 9.75 Å². The molecule has 9 rings (SSSR count). The van der Waals surface area contributed by atoms with Gasteiger partial charge in [0.05, 0.1) is 19.2 Å². The van der Waals surface area contributed by atoms with Gasteiger partial charge in [-0.2, -0.15) is 0 Å². The molecule has 4 fully saturated rings. The van der Waals surface area contributed by atoms with Gasteiger partial charge in [0.1, 0.15) is 10.0 Å². The number of carbonyl (C=O) groups excluding carboxylic acids is 4. The molecule has 0 aromatic carbocycles. The molecule has 0 saturated heterocycles. The lowest BCUT2D eigenvalue weighted by Gasteiger charge is -2.20. The van der Waals surface area contributed by atoms with E-state index in [1.165, 1.54) is 30.3 Å². The molecular formula is C33H28N2O4S4. The third-order valence-electron chi connectivity index (χ3n) is 10.4. The number of ketones is 4. The van der Waals surface area contributed by atoms with E-state index in [1.54, 1.807) is 45.3 Å². The second-order valence-corrected chi connectivity index (χ2v) is 17.3. The molecule has 5 aliphatic rings. The Morgan fingerprint density at radius 1 is 0.581 bits per heavy atom. The number of hydrogen-bond donors (Lipinski definition) is 0. The highest BCUT2D eigenvalue weighted by molar-refractivity contribution is 7.36. The number of nitrogens with zero attached hydrogens (tertiary/aromatic N) is 2. The van der Waals surface area contributed by atoms with E-state index in [1.807, 2.05) is 12.1 Å². The third-order valence-corrected chi connectivity index (χ3v) is 15.2. The molecular weight excluding hydrogens is 617 g/mol. The van der Waals surface area contributed by atoms with Crippen LogP contribution in [0.1, 0.15) is 76.3 Å². The highest BCUT2D eigenvalue weighted by Gasteiger charge is 2.49. The molecule has 0 aliphatic heterocycles. The highest BCUT2D eigenvalue weighted by Crippen LogP contribution is 2.63. The minimum Gasteiger partial charge on any atom is -0.292 e. The summed E-state index contributed by atoms with van der Waals surface area (Å²) in [6.07, 6.45) is 7.26. The van der Waals surface area contributed by atoms with Crippen molar-refractivity contribution in [2.45, 2.75) is 70.6 Å². The first-order valence-electron chi connectivity index (χ1n) is 15.2. The molecule has 0 spiro atoms. The number of fused-ring (bicyclic) bond motifs is 9. The number of carbonyl (C=O) groups is 4. The topological polar surface area (TPSA) is 93.0 Å². The summed E-state index contributed by atoms with van der Waals surface area (Å²) in [4.78, 5) is 64.2. The molecule has 0 radical (unpaired) electrons. The predicted octanol–water partition coefficient (Wildman–Crippen LogP) is 8.61. The Morgan fingerprint density at radius 3 is 1.28 bits per heavy atom. The Balaban J connectivity index is 1.08. The van der Waals surface area contributed by atoms with Gasteiger partial charge in [-0.15, -0.1) is 45.3 Å². The predicted molar refractivity (Wildman–Crippen MR) is 176 cm³/mol. The number of hydrogen-bond acceptors (Lipinski definition) is 10. The Hall–Kier alpha value is -2.66. The zero-order valence-corrected chi connectivity index (χ0v) is 27.0. The van der Waals surface area contributed by atoms with Crippen LogP contribution in [-0.4, -0.2) is 34.6 Å². The summed E-state index contributed by atoms with van der Waals surface area (Å²) in [6.45, 7) is 4.52. The number of aliphatic imine (C=N–C) groups is 2. The van der Waals surface area contributed by atoms with Gasteiger partial charge in [0, 0.05) is 38.5 Å². The van der Waals surface area contributed by atoms with E-state index in [0.717, 1.165) is 70.8 Å². The molecule has 4 aromatic heterocycles. The van der Waals surface area contributed by atoms with Gasteiger partial charge in [-0.25, -0.2) is 9.98 Å². The number of rotatable bonds is 2. The van der Waals surface area contributed by atoms with E-state index < -0.39 is 0 Å². The first kappa shape index (κ1) is 26.7. The van der Waals surface area contributed by atoms with E-state index in [4.69, 9.17) is 0 Å². The molecule has 43 heavy (non-hydrogen) atoms. The average Bonchev–Trinajstić information content (AvgIpc) is 3.82. The average molecular weight is 645 g/mol. The lowest BCUT2D eigenvalue weighted by Crippen LogP contribution is -2.21. The maximum Gasteiger partial charge on any atom is 0.188 e. The third kappa shape index (κ3) is 3.61. The summed E-state index contributed by atoms with van der Waals surface area (Å²) < 4.78 is 4.65. The van der Waals surface area contributed by atoms with Crippen molar-refractivity contribution >= 4 is 109 Å². The smallest absolute Gasteiger partial charge is 0.188 e. The van der Waals surface area contributed by atoms with Crippen LogP contribution in [0.4, 0.5) is 10.0 Å². The maximum absolute atomic E-state index is 13.1. The number of thiophene rings is 4. The van der Waals surface area contributed by atoms with Crippen LogP contribution in [0.15, 0.2) is 22.1 Å². The fourth-order valence-corrected chi connectivity index (χ4v) is 14.1. The monoisotopic (exact) mass is 644 g/mol. The van der Waals surface area contributed by atoms with E-state index in [0.29, 0.717) is 0 Å². The van der Waals surface area contributed by atoms with Crippen LogP contribution in [0.3, 0.4) is 0 Å². The first-order valence-corrected chi connectivity index (χ1v) is 18.5. The summed E-state index contributed by atoms with van der Waals surface area (Å²) in [5.41, 5.74) is 2.64. The largest absolute Gasteiger partial charge is 0.292 e. The van der Waals surface area contributed by atoms with Crippen molar-refractivity contribution in [1.29, 1.82) is 0 Å². The fraction of sp³-hybridized carbons (Fsp3) is 0.455. The van der Waals surface area contributed by atoms with Gasteiger partial charge in [0.15, 0.2) is 34.6 Å². The molecule has 4 atom stereocenters. The van der Waals surface area contributed by atoms with Crippen molar-refractivity contribution in [2.24, 2.45) is 33.7 Å². The molecule has 0 amide bonds. The zero-order valence-electron chi connectivity index (χ0n) is 23.8. The van der Waals surface area contributed by atoms with Gasteiger partial charge in [-0.05, 0) is 48.9 Å². The first-order chi connectivity index (χ1) is 20.7. The van der Waals surface area contributed by atoms with Crippen LogP contribution in [0.25, 0.3) is 28.6 Å². The van der Waals surface area contributed by atoms with Crippen LogP contribution >= 0.6 is 45.3 Å². The van der Waals surface area contributed by atoms with E-state index in [-0.39, 0.29) is 63.6 Å². The molecule has 10 heteroatoms. The second-order valence-electron chi connectivity index (χ2n) is 13.2.